The van der Waals surface area contributed by atoms with Gasteiger partial charge >= 0.3 is 0 Å². The minimum absolute atomic E-state index is 0.0195. The van der Waals surface area contributed by atoms with Crippen LogP contribution in [0.1, 0.15) is 32.2 Å². The number of carbonyl (C=O) groups excluding carboxylic acids is 2. The Kier molecular flexibility index (Phi) is 6.09. The predicted molar refractivity (Wildman–Crippen MR) is 109 cm³/mol. The quantitative estimate of drug-likeness (QED) is 0.687. The number of nitrogens with one attached hydrogen (secondary N) is 1. The zero-order valence-electron chi connectivity index (χ0n) is 16.6. The molecule has 0 unspecified atom stereocenters. The number of amides is 2. The maximum Gasteiger partial charge on any atom is 0.243 e. The number of hydrogen-bond donors (Lipinski definition) is 1. The highest BCUT2D eigenvalue weighted by Crippen LogP contribution is 2.18. The minimum atomic E-state index is -0.127. The SMILES string of the molecule is CC(=O)NCc1nc2ccccc2n1CC(=O)N(Cc1ccccc1)C(C)C. The topological polar surface area (TPSA) is 67.2 Å². The molecule has 146 valence electrons. The van der Waals surface area contributed by atoms with Crippen molar-refractivity contribution in [1.29, 1.82) is 0 Å². The fourth-order valence-corrected chi connectivity index (χ4v) is 3.21. The van der Waals surface area contributed by atoms with Gasteiger partial charge in [0, 0.05) is 19.5 Å². The van der Waals surface area contributed by atoms with Crippen molar-refractivity contribution >= 4 is 22.8 Å². The summed E-state index contributed by atoms with van der Waals surface area (Å²) in [5, 5.41) is 2.78. The van der Waals surface area contributed by atoms with E-state index in [1.54, 1.807) is 0 Å². The van der Waals surface area contributed by atoms with Crippen LogP contribution in [-0.2, 0) is 29.2 Å². The lowest BCUT2D eigenvalue weighted by Crippen LogP contribution is -2.39. The molecule has 0 bridgehead atoms. The van der Waals surface area contributed by atoms with Gasteiger partial charge in [-0.15, -0.1) is 0 Å². The number of para-hydroxylation sites is 2. The Bertz CT molecular complexity index is 963. The van der Waals surface area contributed by atoms with Crippen LogP contribution >= 0.6 is 0 Å². The fraction of sp³-hybridized carbons (Fsp3) is 0.318. The lowest BCUT2D eigenvalue weighted by Gasteiger charge is -2.27. The molecule has 0 aliphatic rings. The molecule has 3 rings (SSSR count). The van der Waals surface area contributed by atoms with Crippen LogP contribution in [0.5, 0.6) is 0 Å². The molecule has 6 heteroatoms. The highest BCUT2D eigenvalue weighted by molar-refractivity contribution is 5.81. The monoisotopic (exact) mass is 378 g/mol. The Labute approximate surface area is 165 Å². The zero-order chi connectivity index (χ0) is 20.1. The first-order valence-electron chi connectivity index (χ1n) is 9.47. The van der Waals surface area contributed by atoms with Gasteiger partial charge in [-0.2, -0.15) is 0 Å². The normalized spacial score (nSPS) is 11.0. The van der Waals surface area contributed by atoms with Gasteiger partial charge in [-0.1, -0.05) is 42.5 Å². The second kappa shape index (κ2) is 8.69. The number of fused-ring (bicyclic) bond motifs is 1. The van der Waals surface area contributed by atoms with Crippen LogP contribution in [0.4, 0.5) is 0 Å². The maximum absolute atomic E-state index is 13.2. The van der Waals surface area contributed by atoms with Crippen molar-refractivity contribution in [3.8, 4) is 0 Å². The first-order chi connectivity index (χ1) is 13.5. The highest BCUT2D eigenvalue weighted by Gasteiger charge is 2.20. The third-order valence-electron chi connectivity index (χ3n) is 4.66. The highest BCUT2D eigenvalue weighted by atomic mass is 16.2. The van der Waals surface area contributed by atoms with Crippen LogP contribution in [0.15, 0.2) is 54.6 Å². The standard InChI is InChI=1S/C22H26N4O2/c1-16(2)25(14-18-9-5-4-6-10-18)22(28)15-26-20-12-8-7-11-19(20)24-21(26)13-23-17(3)27/h4-12,16H,13-15H2,1-3H3,(H,23,27). The van der Waals surface area contributed by atoms with Gasteiger partial charge in [0.05, 0.1) is 17.6 Å². The lowest BCUT2D eigenvalue weighted by molar-refractivity contribution is -0.134. The third kappa shape index (κ3) is 4.57. The largest absolute Gasteiger partial charge is 0.349 e. The van der Waals surface area contributed by atoms with Crippen molar-refractivity contribution in [1.82, 2.24) is 19.8 Å². The number of rotatable bonds is 7. The molecular formula is C22H26N4O2. The Hall–Kier alpha value is -3.15. The van der Waals surface area contributed by atoms with Crippen molar-refractivity contribution < 1.29 is 9.59 Å². The van der Waals surface area contributed by atoms with Crippen LogP contribution in [0.3, 0.4) is 0 Å². The summed E-state index contributed by atoms with van der Waals surface area (Å²) in [6.07, 6.45) is 0. The van der Waals surface area contributed by atoms with Crippen molar-refractivity contribution in [2.45, 2.75) is 46.4 Å². The van der Waals surface area contributed by atoms with Crippen molar-refractivity contribution in [3.05, 3.63) is 66.0 Å². The molecule has 3 aromatic rings. The first-order valence-corrected chi connectivity index (χ1v) is 9.47. The molecule has 0 aliphatic heterocycles. The molecule has 6 nitrogen and oxygen atoms in total. The molecule has 0 saturated heterocycles. The molecule has 28 heavy (non-hydrogen) atoms. The Morgan fingerprint density at radius 1 is 1.07 bits per heavy atom. The van der Waals surface area contributed by atoms with Gasteiger partial charge in [0.15, 0.2) is 0 Å². The summed E-state index contributed by atoms with van der Waals surface area (Å²) in [7, 11) is 0. The maximum atomic E-state index is 13.2. The average Bonchev–Trinajstić information content (AvgIpc) is 3.02. The second-order valence-corrected chi connectivity index (χ2v) is 7.11. The molecule has 0 aliphatic carbocycles. The summed E-state index contributed by atoms with van der Waals surface area (Å²) >= 11 is 0. The Morgan fingerprint density at radius 3 is 2.43 bits per heavy atom. The van der Waals surface area contributed by atoms with E-state index in [0.29, 0.717) is 12.4 Å². The fourth-order valence-electron chi connectivity index (χ4n) is 3.21. The van der Waals surface area contributed by atoms with E-state index in [4.69, 9.17) is 0 Å². The van der Waals surface area contributed by atoms with E-state index in [2.05, 4.69) is 10.3 Å². The number of nitrogens with zero attached hydrogens (tertiary/aromatic N) is 3. The van der Waals surface area contributed by atoms with Crippen LogP contribution in [0.2, 0.25) is 0 Å². The smallest absolute Gasteiger partial charge is 0.243 e. The number of aromatic nitrogens is 2. The van der Waals surface area contributed by atoms with Gasteiger partial charge < -0.3 is 14.8 Å². The van der Waals surface area contributed by atoms with Crippen LogP contribution in [0.25, 0.3) is 11.0 Å². The molecule has 1 aromatic heterocycles. The predicted octanol–water partition coefficient (Wildman–Crippen LogP) is 3.11. The summed E-state index contributed by atoms with van der Waals surface area (Å²) in [5.41, 5.74) is 2.80. The molecule has 0 atom stereocenters. The Morgan fingerprint density at radius 2 is 1.75 bits per heavy atom. The van der Waals surface area contributed by atoms with E-state index < -0.39 is 0 Å². The molecule has 1 N–H and O–H groups in total. The average molecular weight is 378 g/mol. The zero-order valence-corrected chi connectivity index (χ0v) is 16.6. The van der Waals surface area contributed by atoms with E-state index in [-0.39, 0.29) is 30.9 Å². The number of benzene rings is 2. The van der Waals surface area contributed by atoms with E-state index in [1.807, 2.05) is 77.9 Å². The summed E-state index contributed by atoms with van der Waals surface area (Å²) in [4.78, 5) is 31.0. The number of carbonyl (C=O) groups is 2. The van der Waals surface area contributed by atoms with Gasteiger partial charge in [0.2, 0.25) is 11.8 Å². The number of hydrogen-bond acceptors (Lipinski definition) is 3. The van der Waals surface area contributed by atoms with Crippen molar-refractivity contribution in [2.75, 3.05) is 0 Å². The second-order valence-electron chi connectivity index (χ2n) is 7.11. The van der Waals surface area contributed by atoms with Gasteiger partial charge in [-0.25, -0.2) is 4.98 Å². The van der Waals surface area contributed by atoms with Gasteiger partial charge in [0.1, 0.15) is 12.4 Å². The molecule has 2 amide bonds. The Balaban J connectivity index is 1.87. The van der Waals surface area contributed by atoms with Crippen LogP contribution in [0, 0.1) is 0 Å². The summed E-state index contributed by atoms with van der Waals surface area (Å²) in [6.45, 7) is 6.54. The molecular weight excluding hydrogens is 352 g/mol. The van der Waals surface area contributed by atoms with Crippen molar-refractivity contribution in [2.24, 2.45) is 0 Å². The van der Waals surface area contributed by atoms with Crippen LogP contribution in [-0.4, -0.2) is 32.3 Å². The van der Waals surface area contributed by atoms with Gasteiger partial charge in [0.25, 0.3) is 0 Å². The van der Waals surface area contributed by atoms with Gasteiger partial charge in [-0.05, 0) is 31.5 Å². The van der Waals surface area contributed by atoms with E-state index in [9.17, 15) is 9.59 Å². The summed E-state index contributed by atoms with van der Waals surface area (Å²) in [5.74, 6) is 0.567. The van der Waals surface area contributed by atoms with Gasteiger partial charge in [-0.3, -0.25) is 9.59 Å². The summed E-state index contributed by atoms with van der Waals surface area (Å²) < 4.78 is 1.90. The van der Waals surface area contributed by atoms with Crippen LogP contribution < -0.4 is 5.32 Å². The van der Waals surface area contributed by atoms with E-state index in [1.165, 1.54) is 6.92 Å². The number of imidazole rings is 1. The first kappa shape index (κ1) is 19.6. The third-order valence-corrected chi connectivity index (χ3v) is 4.66. The lowest BCUT2D eigenvalue weighted by atomic mass is 10.2. The molecule has 0 fully saturated rings. The van der Waals surface area contributed by atoms with Crippen molar-refractivity contribution in [3.63, 3.8) is 0 Å². The van der Waals surface area contributed by atoms with E-state index >= 15 is 0 Å². The molecule has 0 radical (unpaired) electrons. The minimum Gasteiger partial charge on any atom is -0.349 e. The van der Waals surface area contributed by atoms with E-state index in [0.717, 1.165) is 16.6 Å². The molecule has 0 saturated carbocycles. The molecule has 0 spiro atoms. The molecule has 1 heterocycles. The summed E-state index contributed by atoms with van der Waals surface area (Å²) in [6, 6.07) is 17.8. The molecule has 2 aromatic carbocycles.